The minimum absolute atomic E-state index is 0.108. The summed E-state index contributed by atoms with van der Waals surface area (Å²) < 4.78 is 5.46. The summed E-state index contributed by atoms with van der Waals surface area (Å²) in [5, 5.41) is 20.0. The van der Waals surface area contributed by atoms with Crippen LogP contribution in [-0.4, -0.2) is 22.9 Å². The Morgan fingerprint density at radius 3 is 2.94 bits per heavy atom. The van der Waals surface area contributed by atoms with Crippen molar-refractivity contribution in [2.24, 2.45) is 0 Å². The van der Waals surface area contributed by atoms with Crippen LogP contribution in [0.15, 0.2) is 23.1 Å². The zero-order chi connectivity index (χ0) is 13.1. The van der Waals surface area contributed by atoms with Crippen LogP contribution in [0.3, 0.4) is 0 Å². The molecule has 1 fully saturated rings. The van der Waals surface area contributed by atoms with Crippen molar-refractivity contribution in [1.82, 2.24) is 0 Å². The number of nitro benzene ring substituents is 1. The first-order valence-corrected chi connectivity index (χ1v) is 6.46. The van der Waals surface area contributed by atoms with Crippen molar-refractivity contribution in [1.29, 1.82) is 5.26 Å². The van der Waals surface area contributed by atoms with Gasteiger partial charge < -0.3 is 4.74 Å². The van der Waals surface area contributed by atoms with Crippen LogP contribution in [0.1, 0.15) is 18.9 Å². The molecule has 0 aliphatic carbocycles. The average molecular weight is 264 g/mol. The maximum absolute atomic E-state index is 10.7. The minimum Gasteiger partial charge on any atom is -0.377 e. The molecule has 1 saturated heterocycles. The maximum atomic E-state index is 10.7. The van der Waals surface area contributed by atoms with E-state index in [4.69, 9.17) is 10.00 Å². The zero-order valence-corrected chi connectivity index (χ0v) is 10.6. The highest BCUT2D eigenvalue weighted by Gasteiger charge is 2.25. The topological polar surface area (TPSA) is 76.2 Å². The molecule has 0 spiro atoms. The van der Waals surface area contributed by atoms with Gasteiger partial charge in [-0.05, 0) is 25.5 Å². The van der Waals surface area contributed by atoms with Crippen LogP contribution >= 0.6 is 11.8 Å². The third kappa shape index (κ3) is 2.63. The van der Waals surface area contributed by atoms with E-state index >= 15 is 0 Å². The van der Waals surface area contributed by atoms with Crippen molar-refractivity contribution >= 4 is 17.4 Å². The molecule has 18 heavy (non-hydrogen) atoms. The molecule has 1 aromatic rings. The van der Waals surface area contributed by atoms with Crippen molar-refractivity contribution in [2.45, 2.75) is 29.6 Å². The Morgan fingerprint density at radius 2 is 2.39 bits per heavy atom. The van der Waals surface area contributed by atoms with Gasteiger partial charge in [-0.25, -0.2) is 0 Å². The van der Waals surface area contributed by atoms with Gasteiger partial charge in [-0.3, -0.25) is 10.1 Å². The summed E-state index contributed by atoms with van der Waals surface area (Å²) in [6.45, 7) is 2.76. The summed E-state index contributed by atoms with van der Waals surface area (Å²) in [4.78, 5) is 11.1. The molecule has 5 nitrogen and oxygen atoms in total. The predicted molar refractivity (Wildman–Crippen MR) is 67.5 cm³/mol. The van der Waals surface area contributed by atoms with E-state index in [1.54, 1.807) is 23.9 Å². The van der Waals surface area contributed by atoms with Crippen LogP contribution in [0.5, 0.6) is 0 Å². The van der Waals surface area contributed by atoms with Crippen LogP contribution in [0.4, 0.5) is 5.69 Å². The monoisotopic (exact) mass is 264 g/mol. The molecule has 1 aliphatic rings. The predicted octanol–water partition coefficient (Wildman–Crippen LogP) is 2.74. The first-order chi connectivity index (χ1) is 8.61. The number of nitriles is 1. The fourth-order valence-corrected chi connectivity index (χ4v) is 3.05. The van der Waals surface area contributed by atoms with Gasteiger partial charge in [-0.2, -0.15) is 5.26 Å². The second kappa shape index (κ2) is 5.38. The first-order valence-electron chi connectivity index (χ1n) is 5.58. The lowest BCUT2D eigenvalue weighted by molar-refractivity contribution is -0.385. The molecule has 0 aromatic heterocycles. The smallest absolute Gasteiger partial charge is 0.287 e. The van der Waals surface area contributed by atoms with Gasteiger partial charge in [-0.15, -0.1) is 11.8 Å². The maximum Gasteiger partial charge on any atom is 0.287 e. The highest BCUT2D eigenvalue weighted by atomic mass is 32.2. The Morgan fingerprint density at radius 1 is 1.61 bits per heavy atom. The average Bonchev–Trinajstić information content (AvgIpc) is 2.74. The molecule has 0 bridgehead atoms. The van der Waals surface area contributed by atoms with Gasteiger partial charge in [0, 0.05) is 22.8 Å². The molecule has 0 amide bonds. The number of nitrogens with zero attached hydrogens (tertiary/aromatic N) is 2. The van der Waals surface area contributed by atoms with E-state index in [1.807, 2.05) is 13.0 Å². The molecule has 1 aliphatic heterocycles. The Balaban J connectivity index is 2.20. The fourth-order valence-electron chi connectivity index (χ4n) is 1.88. The lowest BCUT2D eigenvalue weighted by Gasteiger charge is -2.13. The van der Waals surface area contributed by atoms with Gasteiger partial charge in [0.1, 0.15) is 11.6 Å². The largest absolute Gasteiger partial charge is 0.377 e. The molecule has 0 saturated carbocycles. The molecule has 0 N–H and O–H groups in total. The molecular formula is C12H12N2O3S. The van der Waals surface area contributed by atoms with Gasteiger partial charge in [0.25, 0.3) is 5.69 Å². The summed E-state index contributed by atoms with van der Waals surface area (Å²) >= 11 is 1.61. The van der Waals surface area contributed by atoms with E-state index in [1.165, 1.54) is 6.07 Å². The number of benzene rings is 1. The van der Waals surface area contributed by atoms with Crippen LogP contribution in [0.25, 0.3) is 0 Å². The number of thioether (sulfide) groups is 1. The lowest BCUT2D eigenvalue weighted by atomic mass is 10.2. The quantitative estimate of drug-likeness (QED) is 0.619. The summed E-state index contributed by atoms with van der Waals surface area (Å²) in [5.41, 5.74) is -0.0332. The Kier molecular flexibility index (Phi) is 3.84. The highest BCUT2D eigenvalue weighted by Crippen LogP contribution is 2.34. The number of nitro groups is 1. The number of rotatable bonds is 3. The van der Waals surface area contributed by atoms with Crippen LogP contribution in [-0.2, 0) is 4.74 Å². The summed E-state index contributed by atoms with van der Waals surface area (Å²) in [5.74, 6) is 0. The number of ether oxygens (including phenoxy) is 1. The van der Waals surface area contributed by atoms with Crippen LogP contribution < -0.4 is 0 Å². The molecule has 1 aromatic carbocycles. The Hall–Kier alpha value is -1.58. The number of hydrogen-bond acceptors (Lipinski definition) is 5. The molecule has 2 rings (SSSR count). The standard InChI is InChI=1S/C12H12N2O3S/c1-8-12(4-5-17-8)18-10-2-3-11(14(15)16)9(6-10)7-13/h2-3,6,8,12H,4-5H2,1H3. The molecule has 94 valence electrons. The Bertz CT molecular complexity index is 513. The number of hydrogen-bond donors (Lipinski definition) is 0. The summed E-state index contributed by atoms with van der Waals surface area (Å²) in [6, 6.07) is 6.52. The molecule has 6 heteroatoms. The highest BCUT2D eigenvalue weighted by molar-refractivity contribution is 8.00. The second-order valence-corrected chi connectivity index (χ2v) is 5.38. The van der Waals surface area contributed by atoms with Gasteiger partial charge in [0.2, 0.25) is 0 Å². The summed E-state index contributed by atoms with van der Waals surface area (Å²) in [6.07, 6.45) is 1.14. The van der Waals surface area contributed by atoms with Crippen molar-refractivity contribution in [3.05, 3.63) is 33.9 Å². The summed E-state index contributed by atoms with van der Waals surface area (Å²) in [7, 11) is 0. The van der Waals surface area contributed by atoms with E-state index in [0.717, 1.165) is 17.9 Å². The van der Waals surface area contributed by atoms with Gasteiger partial charge in [0.05, 0.1) is 11.0 Å². The third-order valence-corrected chi connectivity index (χ3v) is 4.33. The molecule has 2 atom stereocenters. The first kappa shape index (κ1) is 12.9. The second-order valence-electron chi connectivity index (χ2n) is 4.07. The van der Waals surface area contributed by atoms with Crippen LogP contribution in [0.2, 0.25) is 0 Å². The van der Waals surface area contributed by atoms with E-state index in [2.05, 4.69) is 0 Å². The SMILES string of the molecule is CC1OCCC1Sc1ccc([N+](=O)[O-])c(C#N)c1. The van der Waals surface area contributed by atoms with Gasteiger partial charge in [-0.1, -0.05) is 0 Å². The minimum atomic E-state index is -0.533. The molecular weight excluding hydrogens is 252 g/mol. The third-order valence-electron chi connectivity index (χ3n) is 2.88. The molecule has 2 unspecified atom stereocenters. The molecule has 1 heterocycles. The van der Waals surface area contributed by atoms with E-state index in [0.29, 0.717) is 5.25 Å². The van der Waals surface area contributed by atoms with Crippen molar-refractivity contribution < 1.29 is 9.66 Å². The Labute approximate surface area is 109 Å². The van der Waals surface area contributed by atoms with Crippen molar-refractivity contribution in [3.8, 4) is 6.07 Å². The molecule has 0 radical (unpaired) electrons. The van der Waals surface area contributed by atoms with Crippen molar-refractivity contribution in [3.63, 3.8) is 0 Å². The van der Waals surface area contributed by atoms with E-state index < -0.39 is 4.92 Å². The van der Waals surface area contributed by atoms with E-state index in [-0.39, 0.29) is 17.4 Å². The normalized spacial score (nSPS) is 22.7. The lowest BCUT2D eigenvalue weighted by Crippen LogP contribution is -2.12. The zero-order valence-electron chi connectivity index (χ0n) is 9.83. The van der Waals surface area contributed by atoms with Crippen LogP contribution in [0, 0.1) is 21.4 Å². The van der Waals surface area contributed by atoms with Gasteiger partial charge >= 0.3 is 0 Å². The fraction of sp³-hybridized carbons (Fsp3) is 0.417. The van der Waals surface area contributed by atoms with Crippen molar-refractivity contribution in [2.75, 3.05) is 6.61 Å². The van der Waals surface area contributed by atoms with Gasteiger partial charge in [0.15, 0.2) is 0 Å². The van der Waals surface area contributed by atoms with E-state index in [9.17, 15) is 10.1 Å².